The first-order chi connectivity index (χ1) is 16.1. The molecular weight excluding hydrogens is 486 g/mol. The Morgan fingerprint density at radius 1 is 0.971 bits per heavy atom. The van der Waals surface area contributed by atoms with Crippen molar-refractivity contribution in [3.05, 3.63) is 90.0 Å². The predicted molar refractivity (Wildman–Crippen MR) is 131 cm³/mol. The third kappa shape index (κ3) is 4.35. The molecule has 3 aromatic rings. The monoisotopic (exact) mass is 521 g/mol. The van der Waals surface area contributed by atoms with Crippen molar-refractivity contribution in [2.45, 2.75) is 69.9 Å². The first-order valence-corrected chi connectivity index (χ1v) is 12.6. The summed E-state index contributed by atoms with van der Waals surface area (Å²) in [6.07, 6.45) is 13.0. The Balaban J connectivity index is 0.00000274. The van der Waals surface area contributed by atoms with E-state index in [2.05, 4.69) is 52.7 Å². The van der Waals surface area contributed by atoms with E-state index >= 15 is 0 Å². The van der Waals surface area contributed by atoms with Crippen LogP contribution in [0.4, 0.5) is 0 Å². The van der Waals surface area contributed by atoms with Gasteiger partial charge in [-0.15, -0.1) is 0 Å². The molecule has 2 saturated carbocycles. The van der Waals surface area contributed by atoms with Gasteiger partial charge in [-0.1, -0.05) is 73.5 Å². The number of imidazole rings is 1. The highest BCUT2D eigenvalue weighted by Crippen LogP contribution is 2.48. The molecule has 2 atom stereocenters. The molecular formula is C29H36BrN3O. The fourth-order valence-corrected chi connectivity index (χ4v) is 6.70. The van der Waals surface area contributed by atoms with Crippen LogP contribution in [0.2, 0.25) is 0 Å². The maximum atomic E-state index is 13.3. The van der Waals surface area contributed by atoms with E-state index < -0.39 is 5.41 Å². The summed E-state index contributed by atoms with van der Waals surface area (Å²) >= 11 is 0. The van der Waals surface area contributed by atoms with Gasteiger partial charge in [-0.05, 0) is 55.1 Å². The Hall–Kier alpha value is -2.40. The lowest BCUT2D eigenvalue weighted by atomic mass is 9.64. The quantitative estimate of drug-likeness (QED) is 0.475. The molecule has 0 aliphatic heterocycles. The SMILES string of the molecule is Cc1n(CC2CCCC2)cc[n+]1[C@H]1CC[C@H](C(C(N)=O)(c2ccccc2)c2ccccc2)C1.[Br-]. The Morgan fingerprint density at radius 2 is 1.56 bits per heavy atom. The maximum Gasteiger partial charge on any atom is 0.253 e. The van der Waals surface area contributed by atoms with Crippen LogP contribution < -0.4 is 27.3 Å². The van der Waals surface area contributed by atoms with Crippen molar-refractivity contribution in [1.82, 2.24) is 4.57 Å². The highest BCUT2D eigenvalue weighted by molar-refractivity contribution is 5.91. The van der Waals surface area contributed by atoms with Gasteiger partial charge in [0.25, 0.3) is 5.82 Å². The van der Waals surface area contributed by atoms with E-state index in [0.29, 0.717) is 6.04 Å². The molecule has 1 aromatic heterocycles. The Kier molecular flexibility index (Phi) is 7.61. The summed E-state index contributed by atoms with van der Waals surface area (Å²) < 4.78 is 4.90. The van der Waals surface area contributed by atoms with Crippen LogP contribution in [0.3, 0.4) is 0 Å². The Labute approximate surface area is 214 Å². The molecule has 4 nitrogen and oxygen atoms in total. The number of rotatable bonds is 7. The number of hydrogen-bond acceptors (Lipinski definition) is 1. The summed E-state index contributed by atoms with van der Waals surface area (Å²) in [5, 5.41) is 0. The fraction of sp³-hybridized carbons (Fsp3) is 0.448. The topological polar surface area (TPSA) is 51.9 Å². The summed E-state index contributed by atoms with van der Waals surface area (Å²) in [5.74, 6) is 2.07. The normalized spacial score (nSPS) is 20.9. The molecule has 0 saturated heterocycles. The van der Waals surface area contributed by atoms with Crippen molar-refractivity contribution >= 4 is 5.91 Å². The zero-order valence-electron chi connectivity index (χ0n) is 20.1. The average Bonchev–Trinajstić information content (AvgIpc) is 3.59. The number of hydrogen-bond donors (Lipinski definition) is 1. The van der Waals surface area contributed by atoms with Gasteiger partial charge in [0.1, 0.15) is 23.9 Å². The van der Waals surface area contributed by atoms with Crippen molar-refractivity contribution < 1.29 is 26.3 Å². The van der Waals surface area contributed by atoms with E-state index in [1.165, 1.54) is 31.5 Å². The number of amides is 1. The second-order valence-electron chi connectivity index (χ2n) is 10.1. The molecule has 1 amide bonds. The van der Waals surface area contributed by atoms with E-state index in [1.807, 2.05) is 36.4 Å². The third-order valence-electron chi connectivity index (χ3n) is 8.38. The van der Waals surface area contributed by atoms with E-state index in [9.17, 15) is 4.79 Å². The second kappa shape index (κ2) is 10.5. The first-order valence-electron chi connectivity index (χ1n) is 12.6. The van der Waals surface area contributed by atoms with Crippen LogP contribution >= 0.6 is 0 Å². The average molecular weight is 523 g/mol. The summed E-state index contributed by atoms with van der Waals surface area (Å²) in [5.41, 5.74) is 7.49. The van der Waals surface area contributed by atoms with Crippen LogP contribution in [0.5, 0.6) is 0 Å². The van der Waals surface area contributed by atoms with E-state index in [4.69, 9.17) is 5.73 Å². The maximum absolute atomic E-state index is 13.3. The number of aromatic nitrogens is 2. The molecule has 2 aliphatic carbocycles. The largest absolute Gasteiger partial charge is 1.00 e. The molecule has 2 N–H and O–H groups in total. The second-order valence-corrected chi connectivity index (χ2v) is 10.1. The molecule has 5 heteroatoms. The Morgan fingerprint density at radius 3 is 2.12 bits per heavy atom. The minimum atomic E-state index is -0.807. The number of benzene rings is 2. The highest BCUT2D eigenvalue weighted by Gasteiger charge is 2.51. The lowest BCUT2D eigenvalue weighted by molar-refractivity contribution is -0.727. The van der Waals surface area contributed by atoms with Crippen LogP contribution in [0.25, 0.3) is 0 Å². The highest BCUT2D eigenvalue weighted by atomic mass is 79.9. The van der Waals surface area contributed by atoms with Gasteiger partial charge in [0, 0.05) is 6.92 Å². The first kappa shape index (κ1) is 24.7. The van der Waals surface area contributed by atoms with E-state index in [1.54, 1.807) is 0 Å². The van der Waals surface area contributed by atoms with E-state index in [0.717, 1.165) is 42.9 Å². The van der Waals surface area contributed by atoms with Crippen molar-refractivity contribution in [2.75, 3.05) is 0 Å². The van der Waals surface area contributed by atoms with Gasteiger partial charge in [-0.2, -0.15) is 0 Å². The number of carbonyl (C=O) groups is 1. The lowest BCUT2D eigenvalue weighted by Crippen LogP contribution is -3.00. The summed E-state index contributed by atoms with van der Waals surface area (Å²) in [4.78, 5) is 13.3. The number of nitrogens with zero attached hydrogens (tertiary/aromatic N) is 2. The Bertz CT molecular complexity index is 1050. The molecule has 0 unspecified atom stereocenters. The molecule has 0 bridgehead atoms. The van der Waals surface area contributed by atoms with Gasteiger partial charge >= 0.3 is 0 Å². The molecule has 2 fully saturated rings. The number of carbonyl (C=O) groups excluding carboxylic acids is 1. The van der Waals surface area contributed by atoms with Gasteiger partial charge in [0.2, 0.25) is 5.91 Å². The molecule has 1 heterocycles. The zero-order chi connectivity index (χ0) is 22.8. The number of primary amides is 1. The number of nitrogens with two attached hydrogens (primary N) is 1. The van der Waals surface area contributed by atoms with Crippen molar-refractivity contribution in [2.24, 2.45) is 17.6 Å². The zero-order valence-corrected chi connectivity index (χ0v) is 21.7. The minimum absolute atomic E-state index is 0. The van der Waals surface area contributed by atoms with Crippen LogP contribution in [0.1, 0.15) is 67.9 Å². The standard InChI is InChI=1S/C29H35N3O.BrH/c1-22-31(21-23-10-8-9-11-23)18-19-32(22)27-17-16-26(20-27)29(28(30)33,24-12-4-2-5-13-24)25-14-6-3-7-15-25;/h2-7,12-15,18-19,23,26-27H,8-11,16-17,20-21H2,1H3,(H-,30,33);1H/t26-,27-;/m0./s1. The molecule has 0 radical (unpaired) electrons. The third-order valence-corrected chi connectivity index (χ3v) is 8.38. The van der Waals surface area contributed by atoms with Crippen LogP contribution in [-0.4, -0.2) is 10.5 Å². The van der Waals surface area contributed by atoms with Gasteiger partial charge in [0.15, 0.2) is 0 Å². The van der Waals surface area contributed by atoms with Gasteiger partial charge in [-0.3, -0.25) is 4.79 Å². The summed E-state index contributed by atoms with van der Waals surface area (Å²) in [6.45, 7) is 3.38. The van der Waals surface area contributed by atoms with Crippen molar-refractivity contribution in [3.63, 3.8) is 0 Å². The summed E-state index contributed by atoms with van der Waals surface area (Å²) in [6, 6.07) is 20.8. The van der Waals surface area contributed by atoms with Gasteiger partial charge in [-0.25, -0.2) is 9.13 Å². The van der Waals surface area contributed by atoms with Crippen molar-refractivity contribution in [3.8, 4) is 0 Å². The molecule has 5 rings (SSSR count). The molecule has 2 aliphatic rings. The van der Waals surface area contributed by atoms with E-state index in [-0.39, 0.29) is 28.8 Å². The lowest BCUT2D eigenvalue weighted by Gasteiger charge is -2.37. The van der Waals surface area contributed by atoms with Crippen LogP contribution in [-0.2, 0) is 16.8 Å². The molecule has 0 spiro atoms. The van der Waals surface area contributed by atoms with Crippen LogP contribution in [0, 0.1) is 18.8 Å². The molecule has 180 valence electrons. The smallest absolute Gasteiger partial charge is 0.253 e. The van der Waals surface area contributed by atoms with Gasteiger partial charge in [0.05, 0.1) is 6.54 Å². The minimum Gasteiger partial charge on any atom is -1.00 e. The summed E-state index contributed by atoms with van der Waals surface area (Å²) in [7, 11) is 0. The van der Waals surface area contributed by atoms with Crippen LogP contribution in [0.15, 0.2) is 73.1 Å². The van der Waals surface area contributed by atoms with Crippen molar-refractivity contribution in [1.29, 1.82) is 0 Å². The molecule has 2 aromatic carbocycles. The molecule has 34 heavy (non-hydrogen) atoms. The fourth-order valence-electron chi connectivity index (χ4n) is 6.70. The number of halogens is 1. The predicted octanol–water partition coefficient (Wildman–Crippen LogP) is 2.09. The van der Waals surface area contributed by atoms with Gasteiger partial charge < -0.3 is 22.7 Å².